The van der Waals surface area contributed by atoms with Crippen LogP contribution in [-0.2, 0) is 11.3 Å². The Morgan fingerprint density at radius 2 is 1.80 bits per heavy atom. The van der Waals surface area contributed by atoms with E-state index in [1.54, 1.807) is 0 Å². The predicted molar refractivity (Wildman–Crippen MR) is 107 cm³/mol. The smallest absolute Gasteiger partial charge is 0.246 e. The summed E-state index contributed by atoms with van der Waals surface area (Å²) in [6.45, 7) is 7.09. The number of fused-ring (bicyclic) bond motifs is 1. The predicted octanol–water partition coefficient (Wildman–Crippen LogP) is 3.46. The van der Waals surface area contributed by atoms with E-state index in [0.717, 1.165) is 31.0 Å². The summed E-state index contributed by atoms with van der Waals surface area (Å²) >= 11 is 0. The van der Waals surface area contributed by atoms with Gasteiger partial charge in [0.25, 0.3) is 0 Å². The molecule has 134 valence electrons. The number of halogens is 1. The van der Waals surface area contributed by atoms with Crippen LogP contribution >= 0.6 is 12.4 Å². The minimum Gasteiger partial charge on any atom is -0.361 e. The lowest BCUT2D eigenvalue weighted by Gasteiger charge is -2.31. The fourth-order valence-corrected chi connectivity index (χ4v) is 3.25. The maximum atomic E-state index is 13.0. The highest BCUT2D eigenvalue weighted by molar-refractivity contribution is 5.97. The molecule has 0 bridgehead atoms. The molecule has 2 aromatic carbocycles. The Bertz CT molecular complexity index is 690. The molecule has 0 radical (unpaired) electrons. The molecule has 0 spiro atoms. The van der Waals surface area contributed by atoms with Crippen molar-refractivity contribution in [3.8, 4) is 0 Å². The third-order valence-corrected chi connectivity index (χ3v) is 4.35. The lowest BCUT2D eigenvalue weighted by molar-refractivity contribution is -0.117. The minimum absolute atomic E-state index is 0. The van der Waals surface area contributed by atoms with Crippen molar-refractivity contribution < 1.29 is 4.79 Å². The molecule has 25 heavy (non-hydrogen) atoms. The van der Waals surface area contributed by atoms with Crippen molar-refractivity contribution >= 4 is 29.7 Å². The number of benzene rings is 2. The second-order valence-electron chi connectivity index (χ2n) is 6.42. The molecule has 1 heterocycles. The largest absolute Gasteiger partial charge is 0.361 e. The first kappa shape index (κ1) is 19.3. The number of hydrogen-bond donors (Lipinski definition) is 1. The summed E-state index contributed by atoms with van der Waals surface area (Å²) in [5.74, 6) is 0.132. The second kappa shape index (κ2) is 8.88. The Labute approximate surface area is 156 Å². The first-order chi connectivity index (χ1) is 11.7. The Morgan fingerprint density at radius 1 is 1.12 bits per heavy atom. The lowest BCUT2D eigenvalue weighted by atomic mass is 10.1. The Morgan fingerprint density at radius 3 is 2.52 bits per heavy atom. The highest BCUT2D eigenvalue weighted by atomic mass is 35.5. The molecule has 0 atom stereocenters. The number of carbonyl (C=O) groups is 1. The summed E-state index contributed by atoms with van der Waals surface area (Å²) in [7, 11) is 0. The number of nitrogens with one attached hydrogen (secondary N) is 1. The molecule has 1 aliphatic heterocycles. The highest BCUT2D eigenvalue weighted by Crippen LogP contribution is 2.23. The molecule has 4 nitrogen and oxygen atoms in total. The standard InChI is InChI=1S/C20H25N3O.ClH/c1-16(2)23(18-9-4-3-5-10-18)20(24)15-22-13-12-21-14-17-8-6-7-11-19(17)22;/h3-11,16,21H,12-15H2,1-2H3;1H. The van der Waals surface area contributed by atoms with Crippen molar-refractivity contribution in [2.45, 2.75) is 26.4 Å². The Hall–Kier alpha value is -2.04. The summed E-state index contributed by atoms with van der Waals surface area (Å²) in [4.78, 5) is 17.1. The fraction of sp³-hybridized carbons (Fsp3) is 0.350. The van der Waals surface area contributed by atoms with Gasteiger partial charge < -0.3 is 15.1 Å². The number of amides is 1. The number of anilines is 2. The quantitative estimate of drug-likeness (QED) is 0.908. The SMILES string of the molecule is CC(C)N(C(=O)CN1CCNCc2ccccc21)c1ccccc1.Cl. The van der Waals surface area contributed by atoms with Gasteiger partial charge in [0.2, 0.25) is 5.91 Å². The third kappa shape index (κ3) is 4.53. The van der Waals surface area contributed by atoms with Crippen molar-refractivity contribution in [3.63, 3.8) is 0 Å². The molecule has 1 aliphatic rings. The van der Waals surface area contributed by atoms with E-state index in [1.165, 1.54) is 5.56 Å². The third-order valence-electron chi connectivity index (χ3n) is 4.35. The zero-order chi connectivity index (χ0) is 16.9. The molecule has 1 amide bonds. The number of hydrogen-bond acceptors (Lipinski definition) is 3. The monoisotopic (exact) mass is 359 g/mol. The Kier molecular flexibility index (Phi) is 6.85. The van der Waals surface area contributed by atoms with Crippen molar-refractivity contribution in [2.24, 2.45) is 0 Å². The first-order valence-electron chi connectivity index (χ1n) is 8.57. The van der Waals surface area contributed by atoms with Gasteiger partial charge in [-0.25, -0.2) is 0 Å². The van der Waals surface area contributed by atoms with E-state index >= 15 is 0 Å². The van der Waals surface area contributed by atoms with Crippen molar-refractivity contribution in [2.75, 3.05) is 29.4 Å². The van der Waals surface area contributed by atoms with E-state index in [9.17, 15) is 4.79 Å². The van der Waals surface area contributed by atoms with Gasteiger partial charge in [0.05, 0.1) is 6.54 Å². The van der Waals surface area contributed by atoms with Gasteiger partial charge in [-0.15, -0.1) is 12.4 Å². The van der Waals surface area contributed by atoms with Gasteiger partial charge in [0, 0.05) is 37.1 Å². The van der Waals surface area contributed by atoms with E-state index in [1.807, 2.05) is 41.3 Å². The summed E-state index contributed by atoms with van der Waals surface area (Å²) in [5, 5.41) is 3.42. The molecular formula is C20H26ClN3O. The molecule has 1 N–H and O–H groups in total. The van der Waals surface area contributed by atoms with Crippen LogP contribution in [0.15, 0.2) is 54.6 Å². The molecule has 3 rings (SSSR count). The van der Waals surface area contributed by atoms with Gasteiger partial charge in [-0.05, 0) is 37.6 Å². The van der Waals surface area contributed by atoms with E-state index in [2.05, 4.69) is 42.3 Å². The first-order valence-corrected chi connectivity index (χ1v) is 8.57. The number of nitrogens with zero attached hydrogens (tertiary/aromatic N) is 2. The van der Waals surface area contributed by atoms with E-state index in [4.69, 9.17) is 0 Å². The molecule has 0 unspecified atom stereocenters. The van der Waals surface area contributed by atoms with Crippen LogP contribution < -0.4 is 15.1 Å². The topological polar surface area (TPSA) is 35.6 Å². The zero-order valence-corrected chi connectivity index (χ0v) is 15.6. The van der Waals surface area contributed by atoms with Crippen LogP contribution in [0.1, 0.15) is 19.4 Å². The average Bonchev–Trinajstić information content (AvgIpc) is 2.78. The normalized spacial score (nSPS) is 13.6. The van der Waals surface area contributed by atoms with Crippen molar-refractivity contribution in [1.29, 1.82) is 0 Å². The molecule has 0 fully saturated rings. The van der Waals surface area contributed by atoms with Gasteiger partial charge >= 0.3 is 0 Å². The summed E-state index contributed by atoms with van der Waals surface area (Å²) in [6, 6.07) is 18.4. The van der Waals surface area contributed by atoms with Crippen molar-refractivity contribution in [3.05, 3.63) is 60.2 Å². The van der Waals surface area contributed by atoms with Crippen LogP contribution in [-0.4, -0.2) is 31.6 Å². The van der Waals surface area contributed by atoms with E-state index in [0.29, 0.717) is 6.54 Å². The van der Waals surface area contributed by atoms with Crippen molar-refractivity contribution in [1.82, 2.24) is 5.32 Å². The van der Waals surface area contributed by atoms with Crippen LogP contribution in [0.2, 0.25) is 0 Å². The van der Waals surface area contributed by atoms with Gasteiger partial charge in [-0.2, -0.15) is 0 Å². The molecule has 0 saturated heterocycles. The Balaban J connectivity index is 0.00000225. The lowest BCUT2D eigenvalue weighted by Crippen LogP contribution is -2.45. The average molecular weight is 360 g/mol. The van der Waals surface area contributed by atoms with E-state index in [-0.39, 0.29) is 24.4 Å². The molecule has 2 aromatic rings. The fourth-order valence-electron chi connectivity index (χ4n) is 3.25. The molecule has 0 saturated carbocycles. The minimum atomic E-state index is 0. The van der Waals surface area contributed by atoms with Gasteiger partial charge in [0.1, 0.15) is 0 Å². The van der Waals surface area contributed by atoms with Gasteiger partial charge in [-0.3, -0.25) is 4.79 Å². The van der Waals surface area contributed by atoms with Crippen LogP contribution in [0.5, 0.6) is 0 Å². The second-order valence-corrected chi connectivity index (χ2v) is 6.42. The van der Waals surface area contributed by atoms with Gasteiger partial charge in [0.15, 0.2) is 0 Å². The number of carbonyl (C=O) groups excluding carboxylic acids is 1. The molecule has 5 heteroatoms. The van der Waals surface area contributed by atoms with Crippen LogP contribution in [0.25, 0.3) is 0 Å². The van der Waals surface area contributed by atoms with E-state index < -0.39 is 0 Å². The van der Waals surface area contributed by atoms with Crippen LogP contribution in [0, 0.1) is 0 Å². The number of para-hydroxylation sites is 2. The molecule has 0 aliphatic carbocycles. The van der Waals surface area contributed by atoms with Gasteiger partial charge in [-0.1, -0.05) is 36.4 Å². The highest BCUT2D eigenvalue weighted by Gasteiger charge is 2.23. The maximum Gasteiger partial charge on any atom is 0.246 e. The summed E-state index contributed by atoms with van der Waals surface area (Å²) in [6.07, 6.45) is 0. The summed E-state index contributed by atoms with van der Waals surface area (Å²) < 4.78 is 0. The number of rotatable bonds is 4. The van der Waals surface area contributed by atoms with Crippen LogP contribution in [0.4, 0.5) is 11.4 Å². The maximum absolute atomic E-state index is 13.0. The van der Waals surface area contributed by atoms with Crippen LogP contribution in [0.3, 0.4) is 0 Å². The molecule has 0 aromatic heterocycles. The zero-order valence-electron chi connectivity index (χ0n) is 14.8. The summed E-state index contributed by atoms with van der Waals surface area (Å²) in [5.41, 5.74) is 3.37. The molecular weight excluding hydrogens is 334 g/mol.